The first-order chi connectivity index (χ1) is 11.8. The zero-order valence-corrected chi connectivity index (χ0v) is 16.0. The monoisotopic (exact) mass is 373 g/mol. The SMILES string of the molecule is COC(CCn1ccc(NO)nc1=O)COCCSC(=O)C(C)(C)C. The molecule has 0 bridgehead atoms. The number of aryl methyl sites for hydroxylation is 1. The number of nitrogens with one attached hydrogen (secondary N) is 1. The summed E-state index contributed by atoms with van der Waals surface area (Å²) < 4.78 is 12.3. The first kappa shape index (κ1) is 21.6. The van der Waals surface area contributed by atoms with Crippen molar-refractivity contribution in [1.29, 1.82) is 0 Å². The number of nitrogens with zero attached hydrogens (tertiary/aromatic N) is 2. The van der Waals surface area contributed by atoms with E-state index in [0.717, 1.165) is 0 Å². The number of thioether (sulfide) groups is 1. The van der Waals surface area contributed by atoms with Crippen LogP contribution in [0, 0.1) is 5.41 Å². The Morgan fingerprint density at radius 1 is 1.48 bits per heavy atom. The smallest absolute Gasteiger partial charge is 0.349 e. The molecule has 0 aliphatic heterocycles. The molecule has 1 unspecified atom stereocenters. The Hall–Kier alpha value is -1.42. The lowest BCUT2D eigenvalue weighted by Gasteiger charge is -2.17. The summed E-state index contributed by atoms with van der Waals surface area (Å²) in [5.74, 6) is 0.709. The number of carbonyl (C=O) groups excluding carboxylic acids is 1. The molecule has 1 aromatic heterocycles. The number of ether oxygens (including phenoxy) is 2. The molecule has 25 heavy (non-hydrogen) atoms. The molecule has 0 aromatic carbocycles. The standard InChI is InChI=1S/C16H27N3O5S/c1-16(2,3)14(20)25-10-9-24-11-12(23-4)5-7-19-8-6-13(18-22)17-15(19)21/h6,8,12,22H,5,7,9-11H2,1-4H3,(H,17,18,21). The van der Waals surface area contributed by atoms with Crippen molar-refractivity contribution in [1.82, 2.24) is 9.55 Å². The molecule has 0 saturated heterocycles. The minimum Gasteiger partial charge on any atom is -0.379 e. The summed E-state index contributed by atoms with van der Waals surface area (Å²) in [7, 11) is 1.59. The molecule has 1 rings (SSSR count). The number of methoxy groups -OCH3 is 1. The first-order valence-electron chi connectivity index (χ1n) is 8.03. The molecular weight excluding hydrogens is 346 g/mol. The third-order valence-corrected chi connectivity index (χ3v) is 4.64. The van der Waals surface area contributed by atoms with E-state index < -0.39 is 5.69 Å². The third kappa shape index (κ3) is 8.00. The fourth-order valence-corrected chi connectivity index (χ4v) is 2.66. The van der Waals surface area contributed by atoms with Gasteiger partial charge in [-0.25, -0.2) is 4.79 Å². The van der Waals surface area contributed by atoms with Gasteiger partial charge in [-0.05, 0) is 12.5 Å². The molecule has 0 radical (unpaired) electrons. The van der Waals surface area contributed by atoms with E-state index in [9.17, 15) is 9.59 Å². The van der Waals surface area contributed by atoms with E-state index in [0.29, 0.717) is 31.9 Å². The van der Waals surface area contributed by atoms with E-state index in [1.54, 1.807) is 13.3 Å². The molecule has 1 heterocycles. The van der Waals surface area contributed by atoms with Gasteiger partial charge in [-0.15, -0.1) is 0 Å². The van der Waals surface area contributed by atoms with Gasteiger partial charge < -0.3 is 9.47 Å². The van der Waals surface area contributed by atoms with Crippen LogP contribution in [0.3, 0.4) is 0 Å². The van der Waals surface area contributed by atoms with E-state index >= 15 is 0 Å². The Labute approximate surface area is 151 Å². The van der Waals surface area contributed by atoms with Crippen LogP contribution in [0.25, 0.3) is 0 Å². The van der Waals surface area contributed by atoms with Crippen LogP contribution in [0.1, 0.15) is 27.2 Å². The van der Waals surface area contributed by atoms with Crippen molar-refractivity contribution in [3.05, 3.63) is 22.7 Å². The van der Waals surface area contributed by atoms with Gasteiger partial charge in [-0.3, -0.25) is 20.0 Å². The number of anilines is 1. The van der Waals surface area contributed by atoms with Crippen molar-refractivity contribution >= 4 is 22.7 Å². The number of hydrogen-bond donors (Lipinski definition) is 2. The summed E-state index contributed by atoms with van der Waals surface area (Å²) in [6.07, 6.45) is 1.97. The maximum Gasteiger partial charge on any atom is 0.349 e. The molecule has 0 amide bonds. The molecule has 0 aliphatic carbocycles. The molecule has 9 heteroatoms. The Morgan fingerprint density at radius 3 is 2.76 bits per heavy atom. The lowest BCUT2D eigenvalue weighted by Crippen LogP contribution is -2.27. The molecule has 142 valence electrons. The molecule has 0 aliphatic rings. The summed E-state index contributed by atoms with van der Waals surface area (Å²) >= 11 is 1.27. The van der Waals surface area contributed by atoms with Crippen LogP contribution in [0.2, 0.25) is 0 Å². The predicted octanol–water partition coefficient (Wildman–Crippen LogP) is 1.77. The topological polar surface area (TPSA) is 103 Å². The number of carbonyl (C=O) groups is 1. The zero-order chi connectivity index (χ0) is 18.9. The second-order valence-electron chi connectivity index (χ2n) is 6.51. The van der Waals surface area contributed by atoms with Gasteiger partial charge in [-0.1, -0.05) is 32.5 Å². The summed E-state index contributed by atoms with van der Waals surface area (Å²) in [5.41, 5.74) is 1.04. The van der Waals surface area contributed by atoms with E-state index in [2.05, 4.69) is 4.98 Å². The van der Waals surface area contributed by atoms with Crippen molar-refractivity contribution in [2.24, 2.45) is 5.41 Å². The fraction of sp³-hybridized carbons (Fsp3) is 0.688. The highest BCUT2D eigenvalue weighted by atomic mass is 32.2. The lowest BCUT2D eigenvalue weighted by molar-refractivity contribution is -0.117. The second kappa shape index (κ2) is 10.5. The van der Waals surface area contributed by atoms with Crippen LogP contribution >= 0.6 is 11.8 Å². The molecule has 1 atom stereocenters. The predicted molar refractivity (Wildman–Crippen MR) is 97.1 cm³/mol. The highest BCUT2D eigenvalue weighted by molar-refractivity contribution is 8.13. The zero-order valence-electron chi connectivity index (χ0n) is 15.2. The van der Waals surface area contributed by atoms with Gasteiger partial charge in [0, 0.05) is 31.0 Å². The van der Waals surface area contributed by atoms with Crippen molar-refractivity contribution in [3.8, 4) is 0 Å². The summed E-state index contributed by atoms with van der Waals surface area (Å²) in [4.78, 5) is 27.2. The van der Waals surface area contributed by atoms with Crippen molar-refractivity contribution in [3.63, 3.8) is 0 Å². The Kier molecular flexibility index (Phi) is 9.12. The Morgan fingerprint density at radius 2 is 2.20 bits per heavy atom. The van der Waals surface area contributed by atoms with Gasteiger partial charge in [0.05, 0.1) is 19.3 Å². The van der Waals surface area contributed by atoms with Crippen LogP contribution in [0.5, 0.6) is 0 Å². The number of hydrogen-bond acceptors (Lipinski definition) is 8. The lowest BCUT2D eigenvalue weighted by atomic mass is 10.00. The Balaban J connectivity index is 2.31. The molecule has 0 saturated carbocycles. The van der Waals surface area contributed by atoms with E-state index in [1.165, 1.54) is 22.4 Å². The Bertz CT molecular complexity index is 600. The van der Waals surface area contributed by atoms with Crippen molar-refractivity contribution in [2.45, 2.75) is 39.8 Å². The summed E-state index contributed by atoms with van der Waals surface area (Å²) in [6, 6.07) is 1.50. The normalized spacial score (nSPS) is 12.8. The van der Waals surface area contributed by atoms with Crippen molar-refractivity contribution < 1.29 is 19.5 Å². The number of rotatable bonds is 10. The van der Waals surface area contributed by atoms with Crippen molar-refractivity contribution in [2.75, 3.05) is 31.6 Å². The van der Waals surface area contributed by atoms with Gasteiger partial charge in [0.15, 0.2) is 10.9 Å². The highest BCUT2D eigenvalue weighted by Crippen LogP contribution is 2.22. The van der Waals surface area contributed by atoms with E-state index in [-0.39, 0.29) is 22.5 Å². The van der Waals surface area contributed by atoms with Gasteiger partial charge in [0.25, 0.3) is 0 Å². The van der Waals surface area contributed by atoms with Gasteiger partial charge in [0.1, 0.15) is 0 Å². The van der Waals surface area contributed by atoms with Crippen LogP contribution in [0.4, 0.5) is 5.82 Å². The molecular formula is C16H27N3O5S. The molecule has 8 nitrogen and oxygen atoms in total. The largest absolute Gasteiger partial charge is 0.379 e. The third-order valence-electron chi connectivity index (χ3n) is 3.39. The van der Waals surface area contributed by atoms with E-state index in [1.807, 2.05) is 26.3 Å². The van der Waals surface area contributed by atoms with Gasteiger partial charge in [0.2, 0.25) is 0 Å². The maximum atomic E-state index is 11.8. The average Bonchev–Trinajstić information content (AvgIpc) is 2.57. The van der Waals surface area contributed by atoms with Crippen LogP contribution in [-0.2, 0) is 20.8 Å². The van der Waals surface area contributed by atoms with Gasteiger partial charge >= 0.3 is 5.69 Å². The number of aromatic nitrogens is 2. The van der Waals surface area contributed by atoms with Crippen LogP contribution < -0.4 is 11.2 Å². The average molecular weight is 373 g/mol. The molecule has 2 N–H and O–H groups in total. The van der Waals surface area contributed by atoms with E-state index in [4.69, 9.17) is 14.7 Å². The summed E-state index contributed by atoms with van der Waals surface area (Å²) in [5, 5.41) is 8.85. The molecule has 0 fully saturated rings. The molecule has 0 spiro atoms. The van der Waals surface area contributed by atoms with Crippen LogP contribution in [0.15, 0.2) is 17.1 Å². The quantitative estimate of drug-likeness (QED) is 0.472. The van der Waals surface area contributed by atoms with Crippen LogP contribution in [-0.4, -0.2) is 52.1 Å². The highest BCUT2D eigenvalue weighted by Gasteiger charge is 2.21. The van der Waals surface area contributed by atoms with Gasteiger partial charge in [-0.2, -0.15) is 4.98 Å². The minimum absolute atomic E-state index is 0.107. The maximum absolute atomic E-state index is 11.8. The molecule has 1 aromatic rings. The first-order valence-corrected chi connectivity index (χ1v) is 9.02. The minimum atomic E-state index is -0.452. The second-order valence-corrected chi connectivity index (χ2v) is 7.58. The summed E-state index contributed by atoms with van der Waals surface area (Å²) in [6.45, 7) is 6.96. The fourth-order valence-electron chi connectivity index (χ4n) is 1.84.